The number of aryl methyl sites for hydroxylation is 2. The number of pyridine rings is 1. The Labute approximate surface area is 106 Å². The van der Waals surface area contributed by atoms with E-state index in [2.05, 4.69) is 24.9 Å². The maximum Gasteiger partial charge on any atom is 2.00 e. The van der Waals surface area contributed by atoms with Crippen molar-refractivity contribution >= 4 is 0 Å². The molecule has 0 aromatic carbocycles. The van der Waals surface area contributed by atoms with Crippen LogP contribution in [0.4, 0.5) is 0 Å². The predicted octanol–water partition coefficient (Wildman–Crippen LogP) is 2.98. The van der Waals surface area contributed by atoms with Gasteiger partial charge in [0.25, 0.3) is 0 Å². The van der Waals surface area contributed by atoms with Gasteiger partial charge in [0, 0.05) is 0 Å². The minimum absolute atomic E-state index is 0. The SMILES string of the molecule is CCc1[c-]c(C)cnc1.[CH2-]CC.[U+2]. The van der Waals surface area contributed by atoms with Crippen LogP contribution >= 0.6 is 0 Å². The van der Waals surface area contributed by atoms with Gasteiger partial charge in [-0.1, -0.05) is 39.6 Å². The van der Waals surface area contributed by atoms with Crippen LogP contribution in [0.2, 0.25) is 0 Å². The topological polar surface area (TPSA) is 12.9 Å². The molecule has 0 aliphatic carbocycles. The van der Waals surface area contributed by atoms with Gasteiger partial charge in [-0.3, -0.25) is 0 Å². The Bertz CT molecular complexity index is 211. The molecule has 0 radical (unpaired) electrons. The summed E-state index contributed by atoms with van der Waals surface area (Å²) in [5.41, 5.74) is 2.31. The van der Waals surface area contributed by atoms with Gasteiger partial charge in [-0.2, -0.15) is 12.5 Å². The van der Waals surface area contributed by atoms with E-state index in [-0.39, 0.29) is 31.1 Å². The van der Waals surface area contributed by atoms with Gasteiger partial charge in [-0.05, 0) is 0 Å². The van der Waals surface area contributed by atoms with Crippen LogP contribution in [0.3, 0.4) is 0 Å². The molecular weight excluding hydrogens is 384 g/mol. The summed E-state index contributed by atoms with van der Waals surface area (Å²) in [5, 5.41) is 0. The minimum atomic E-state index is 0. The van der Waals surface area contributed by atoms with Crippen molar-refractivity contribution in [3.8, 4) is 0 Å². The van der Waals surface area contributed by atoms with Crippen molar-refractivity contribution in [2.45, 2.75) is 33.6 Å². The maximum atomic E-state index is 4.02. The number of aromatic nitrogens is 1. The van der Waals surface area contributed by atoms with Crippen molar-refractivity contribution in [3.63, 3.8) is 0 Å². The molecule has 0 aliphatic rings. The first-order valence-electron chi connectivity index (χ1n) is 4.36. The van der Waals surface area contributed by atoms with Gasteiger partial charge in [0.15, 0.2) is 0 Å². The molecule has 1 aromatic heterocycles. The largest absolute Gasteiger partial charge is 2.00 e. The Hall–Kier alpha value is 0.202. The van der Waals surface area contributed by atoms with Gasteiger partial charge in [-0.15, -0.1) is 11.1 Å². The number of nitrogens with zero attached hydrogens (tertiary/aromatic N) is 1. The van der Waals surface area contributed by atoms with Crippen LogP contribution in [-0.4, -0.2) is 4.98 Å². The first-order valence-corrected chi connectivity index (χ1v) is 4.36. The third-order valence-electron chi connectivity index (χ3n) is 1.24. The first-order chi connectivity index (χ1) is 5.74. The van der Waals surface area contributed by atoms with Gasteiger partial charge >= 0.3 is 31.1 Å². The monoisotopic (exact) mass is 401 g/mol. The minimum Gasteiger partial charge on any atom is -0.390 e. The van der Waals surface area contributed by atoms with E-state index < -0.39 is 0 Å². The third-order valence-corrected chi connectivity index (χ3v) is 1.24. The molecular formula is C11H17NU. The Balaban J connectivity index is 0. The van der Waals surface area contributed by atoms with E-state index in [0.717, 1.165) is 18.4 Å². The molecule has 0 amide bonds. The van der Waals surface area contributed by atoms with E-state index in [4.69, 9.17) is 0 Å². The van der Waals surface area contributed by atoms with Gasteiger partial charge in [0.2, 0.25) is 0 Å². The van der Waals surface area contributed by atoms with Crippen LogP contribution in [0.25, 0.3) is 0 Å². The number of rotatable bonds is 1. The van der Waals surface area contributed by atoms with Crippen molar-refractivity contribution in [1.82, 2.24) is 4.98 Å². The van der Waals surface area contributed by atoms with Crippen molar-refractivity contribution in [1.29, 1.82) is 0 Å². The molecule has 0 fully saturated rings. The van der Waals surface area contributed by atoms with Crippen molar-refractivity contribution in [2.24, 2.45) is 0 Å². The van der Waals surface area contributed by atoms with E-state index in [0.29, 0.717) is 0 Å². The summed E-state index contributed by atoms with van der Waals surface area (Å²) in [6.45, 7) is 9.61. The Morgan fingerprint density at radius 1 is 1.38 bits per heavy atom. The van der Waals surface area contributed by atoms with E-state index in [9.17, 15) is 0 Å². The molecule has 0 atom stereocenters. The third kappa shape index (κ3) is 8.53. The van der Waals surface area contributed by atoms with E-state index in [1.165, 1.54) is 5.56 Å². The first kappa shape index (κ1) is 15.7. The van der Waals surface area contributed by atoms with E-state index in [1.807, 2.05) is 26.2 Å². The summed E-state index contributed by atoms with van der Waals surface area (Å²) in [6, 6.07) is 3.19. The Kier molecular flexibility index (Phi) is 12.4. The summed E-state index contributed by atoms with van der Waals surface area (Å²) < 4.78 is 0. The molecule has 0 bridgehead atoms. The molecule has 2 heteroatoms. The molecule has 1 nitrogen and oxygen atoms in total. The summed E-state index contributed by atoms with van der Waals surface area (Å²) in [4.78, 5) is 4.02. The Morgan fingerprint density at radius 2 is 1.92 bits per heavy atom. The van der Waals surface area contributed by atoms with Crippen LogP contribution in [-0.2, 0) is 6.42 Å². The summed E-state index contributed by atoms with van der Waals surface area (Å²) in [5.74, 6) is 0. The van der Waals surface area contributed by atoms with Gasteiger partial charge in [0.1, 0.15) is 0 Å². The number of hydrogen-bond acceptors (Lipinski definition) is 1. The van der Waals surface area contributed by atoms with Crippen LogP contribution in [0.5, 0.6) is 0 Å². The average Bonchev–Trinajstić information content (AvgIpc) is 2.06. The fourth-order valence-electron chi connectivity index (χ4n) is 0.737. The van der Waals surface area contributed by atoms with Crippen LogP contribution in [0, 0.1) is 51.0 Å². The second kappa shape index (κ2) is 10.3. The summed E-state index contributed by atoms with van der Waals surface area (Å²) in [7, 11) is 0. The van der Waals surface area contributed by atoms with E-state index in [1.54, 1.807) is 0 Å². The second-order valence-electron chi connectivity index (χ2n) is 2.59. The van der Waals surface area contributed by atoms with Crippen molar-refractivity contribution in [3.05, 3.63) is 36.5 Å². The molecule has 0 N–H and O–H groups in total. The fourth-order valence-corrected chi connectivity index (χ4v) is 0.737. The molecule has 1 heterocycles. The standard InChI is InChI=1S/C8H10N.C3H7.U/c1-3-8-4-7(2)5-9-6-8;1-3-2;/h5-6H,3H2,1-2H3;1,3H2,2H3;/q2*-1;+2. The molecule has 13 heavy (non-hydrogen) atoms. The smallest absolute Gasteiger partial charge is 0.390 e. The molecule has 0 saturated carbocycles. The zero-order valence-electron chi connectivity index (χ0n) is 8.72. The zero-order chi connectivity index (χ0) is 9.40. The Morgan fingerprint density at radius 3 is 2.23 bits per heavy atom. The normalized spacial score (nSPS) is 8.00. The van der Waals surface area contributed by atoms with Crippen LogP contribution in [0.1, 0.15) is 31.4 Å². The maximum absolute atomic E-state index is 4.02. The van der Waals surface area contributed by atoms with Gasteiger partial charge in [-0.25, -0.2) is 0 Å². The fraction of sp³-hybridized carbons (Fsp3) is 0.455. The molecule has 70 valence electrons. The second-order valence-corrected chi connectivity index (χ2v) is 2.59. The molecule has 0 saturated heterocycles. The molecule has 0 unspecified atom stereocenters. The average molecular weight is 401 g/mol. The molecule has 0 spiro atoms. The van der Waals surface area contributed by atoms with Crippen molar-refractivity contribution in [2.75, 3.05) is 0 Å². The van der Waals surface area contributed by atoms with Gasteiger partial charge in [0.05, 0.1) is 0 Å². The summed E-state index contributed by atoms with van der Waals surface area (Å²) >= 11 is 0. The quantitative estimate of drug-likeness (QED) is 0.660. The van der Waals surface area contributed by atoms with Gasteiger partial charge < -0.3 is 11.9 Å². The van der Waals surface area contributed by atoms with Crippen LogP contribution in [0.15, 0.2) is 12.4 Å². The number of hydrogen-bond donors (Lipinski definition) is 0. The zero-order valence-corrected chi connectivity index (χ0v) is 12.9. The van der Waals surface area contributed by atoms with Crippen LogP contribution < -0.4 is 0 Å². The predicted molar refractivity (Wildman–Crippen MR) is 52.8 cm³/mol. The van der Waals surface area contributed by atoms with Crippen molar-refractivity contribution < 1.29 is 31.1 Å². The van der Waals surface area contributed by atoms with E-state index >= 15 is 0 Å². The molecule has 1 rings (SSSR count). The summed E-state index contributed by atoms with van der Waals surface area (Å²) in [6.07, 6.45) is 5.70. The molecule has 0 aliphatic heterocycles. The molecule has 1 aromatic rings.